The molecule has 13 heteroatoms. The number of aliphatic hydroxyl groups is 1. The highest BCUT2D eigenvalue weighted by atomic mass is 16.9. The molecule has 3 saturated heterocycles. The molecule has 0 amide bonds. The van der Waals surface area contributed by atoms with Crippen LogP contribution >= 0.6 is 0 Å². The highest BCUT2D eigenvalue weighted by Crippen LogP contribution is 2.44. The summed E-state index contributed by atoms with van der Waals surface area (Å²) in [6.45, 7) is 7.39. The monoisotopic (exact) mass is 431 g/mol. The lowest BCUT2D eigenvalue weighted by Gasteiger charge is -2.37. The van der Waals surface area contributed by atoms with Crippen LogP contribution in [0.15, 0.2) is 10.1 Å². The number of fused-ring (bicyclic) bond motifs is 3. The van der Waals surface area contributed by atoms with Crippen LogP contribution in [0, 0.1) is 10.1 Å². The maximum absolute atomic E-state index is 10.7. The summed E-state index contributed by atoms with van der Waals surface area (Å²) in [5, 5.41) is 24.6. The Morgan fingerprint density at radius 3 is 2.53 bits per heavy atom. The van der Waals surface area contributed by atoms with Gasteiger partial charge < -0.3 is 33.5 Å². The molecule has 3 fully saturated rings. The van der Waals surface area contributed by atoms with Gasteiger partial charge in [-0.05, 0) is 27.7 Å². The SMILES string of the molecule is CC1(C)O[C@H]2[C@@H](O1)[C@@H](COCC(O)C[N+]1=NC([N+](=O)[O-])N=C1)O[C@@H]1OC(C)(C)O[C@@H]12. The first kappa shape index (κ1) is 21.6. The molecule has 0 saturated carbocycles. The summed E-state index contributed by atoms with van der Waals surface area (Å²) in [5.74, 6) is -1.60. The van der Waals surface area contributed by atoms with Gasteiger partial charge in [0, 0.05) is 10.1 Å². The van der Waals surface area contributed by atoms with Crippen LogP contribution < -0.4 is 0 Å². The zero-order valence-corrected chi connectivity index (χ0v) is 17.2. The average molecular weight is 431 g/mol. The summed E-state index contributed by atoms with van der Waals surface area (Å²) in [6.07, 6.45) is -3.39. The van der Waals surface area contributed by atoms with Crippen molar-refractivity contribution < 1.29 is 43.1 Å². The number of hydrogen-bond acceptors (Lipinski definition) is 11. The Labute approximate surface area is 172 Å². The average Bonchev–Trinajstić information content (AvgIpc) is 3.29. The topological polar surface area (TPSA) is 146 Å². The normalized spacial score (nSPS) is 39.4. The molecule has 1 N–H and O–H groups in total. The largest absolute Gasteiger partial charge is 0.515 e. The molecular weight excluding hydrogens is 404 g/mol. The first-order valence-corrected chi connectivity index (χ1v) is 9.80. The summed E-state index contributed by atoms with van der Waals surface area (Å²) >= 11 is 0. The van der Waals surface area contributed by atoms with E-state index in [1.165, 1.54) is 11.0 Å². The first-order valence-electron chi connectivity index (χ1n) is 9.80. The lowest BCUT2D eigenvalue weighted by Crippen LogP contribution is -2.56. The summed E-state index contributed by atoms with van der Waals surface area (Å²) in [6, 6.07) is 0. The highest BCUT2D eigenvalue weighted by molar-refractivity contribution is 5.44. The Hall–Kier alpha value is -1.61. The molecule has 30 heavy (non-hydrogen) atoms. The third-order valence-electron chi connectivity index (χ3n) is 5.01. The van der Waals surface area contributed by atoms with E-state index in [4.69, 9.17) is 28.4 Å². The molecule has 7 atom stereocenters. The number of hydrogen-bond donors (Lipinski definition) is 1. The van der Waals surface area contributed by atoms with Gasteiger partial charge in [-0.1, -0.05) is 0 Å². The molecule has 0 aromatic heterocycles. The zero-order valence-electron chi connectivity index (χ0n) is 17.2. The van der Waals surface area contributed by atoms with Crippen LogP contribution in [0.25, 0.3) is 0 Å². The van der Waals surface area contributed by atoms with Gasteiger partial charge in [0.1, 0.15) is 37.1 Å². The van der Waals surface area contributed by atoms with E-state index in [0.29, 0.717) is 0 Å². The van der Waals surface area contributed by atoms with Crippen molar-refractivity contribution >= 4 is 6.34 Å². The Bertz CT molecular complexity index is 743. The fraction of sp³-hybridized carbons (Fsp3) is 0.941. The number of nitro groups is 1. The third-order valence-corrected chi connectivity index (χ3v) is 5.01. The van der Waals surface area contributed by atoms with Gasteiger partial charge in [-0.2, -0.15) is 0 Å². The van der Waals surface area contributed by atoms with E-state index in [0.717, 1.165) is 0 Å². The van der Waals surface area contributed by atoms with Gasteiger partial charge in [0.15, 0.2) is 17.9 Å². The Morgan fingerprint density at radius 2 is 1.83 bits per heavy atom. The Kier molecular flexibility index (Phi) is 5.63. The highest BCUT2D eigenvalue weighted by Gasteiger charge is 2.60. The molecule has 0 radical (unpaired) electrons. The van der Waals surface area contributed by atoms with E-state index in [2.05, 4.69) is 10.1 Å². The molecule has 0 aromatic rings. The summed E-state index contributed by atoms with van der Waals surface area (Å²) < 4.78 is 36.7. The van der Waals surface area contributed by atoms with Crippen molar-refractivity contribution in [1.29, 1.82) is 0 Å². The molecule has 4 aliphatic heterocycles. The van der Waals surface area contributed by atoms with Crippen LogP contribution in [0.3, 0.4) is 0 Å². The van der Waals surface area contributed by atoms with E-state index >= 15 is 0 Å². The van der Waals surface area contributed by atoms with E-state index < -0.39 is 53.5 Å². The zero-order chi connectivity index (χ0) is 21.7. The fourth-order valence-electron chi connectivity index (χ4n) is 3.94. The van der Waals surface area contributed by atoms with Gasteiger partial charge in [-0.15, -0.1) is 4.70 Å². The minimum absolute atomic E-state index is 0.0217. The quantitative estimate of drug-likeness (QED) is 0.329. The Balaban J connectivity index is 1.31. The van der Waals surface area contributed by atoms with Gasteiger partial charge in [0.25, 0.3) is 0 Å². The minimum Gasteiger partial charge on any atom is -0.387 e. The molecule has 4 rings (SSSR count). The van der Waals surface area contributed by atoms with Crippen LogP contribution in [0.2, 0.25) is 0 Å². The lowest BCUT2D eigenvalue weighted by molar-refractivity contribution is -0.558. The number of rotatable bonds is 7. The molecule has 4 heterocycles. The second-order valence-electron chi connectivity index (χ2n) is 8.53. The predicted octanol–water partition coefficient (Wildman–Crippen LogP) is -0.173. The Morgan fingerprint density at radius 1 is 1.17 bits per heavy atom. The van der Waals surface area contributed by atoms with Crippen molar-refractivity contribution in [3.63, 3.8) is 0 Å². The van der Waals surface area contributed by atoms with Crippen molar-refractivity contribution in [3.05, 3.63) is 10.1 Å². The number of aliphatic hydroxyl groups excluding tert-OH is 1. The first-order chi connectivity index (χ1) is 14.0. The molecular formula is C17H27N4O9+. The summed E-state index contributed by atoms with van der Waals surface area (Å²) in [5.41, 5.74) is 0. The van der Waals surface area contributed by atoms with Gasteiger partial charge in [-0.25, -0.2) is 0 Å². The number of nitrogens with zero attached hydrogens (tertiary/aromatic N) is 4. The van der Waals surface area contributed by atoms with Crippen LogP contribution in [0.1, 0.15) is 27.7 Å². The molecule has 13 nitrogen and oxygen atoms in total. The second kappa shape index (κ2) is 7.82. The minimum atomic E-state index is -1.36. The van der Waals surface area contributed by atoms with E-state index in [1.807, 2.05) is 27.7 Å². The maximum Gasteiger partial charge on any atom is 0.515 e. The fourth-order valence-corrected chi connectivity index (χ4v) is 3.94. The summed E-state index contributed by atoms with van der Waals surface area (Å²) in [7, 11) is 0. The molecule has 0 aromatic carbocycles. The van der Waals surface area contributed by atoms with Gasteiger partial charge in [0.05, 0.1) is 18.1 Å². The van der Waals surface area contributed by atoms with Crippen LogP contribution in [-0.2, 0) is 28.4 Å². The maximum atomic E-state index is 10.7. The van der Waals surface area contributed by atoms with Crippen LogP contribution in [0.4, 0.5) is 0 Å². The van der Waals surface area contributed by atoms with Crippen LogP contribution in [-0.4, -0.2) is 95.5 Å². The molecule has 2 unspecified atom stereocenters. The van der Waals surface area contributed by atoms with Crippen molar-refractivity contribution in [1.82, 2.24) is 0 Å². The number of β-amino-alcohol motifs (C(OH)–C–C–N with tert-alkyl or cyclic N) is 1. The van der Waals surface area contributed by atoms with Crippen molar-refractivity contribution in [2.75, 3.05) is 19.8 Å². The third kappa shape index (κ3) is 4.51. The van der Waals surface area contributed by atoms with Gasteiger partial charge in [0.2, 0.25) is 0 Å². The second-order valence-corrected chi connectivity index (χ2v) is 8.53. The van der Waals surface area contributed by atoms with Gasteiger partial charge in [-0.3, -0.25) is 10.1 Å². The number of azo groups is 2. The van der Waals surface area contributed by atoms with Crippen molar-refractivity contribution in [2.45, 2.75) is 82.4 Å². The number of aliphatic imine (C=N–C) groups is 1. The van der Waals surface area contributed by atoms with E-state index in [9.17, 15) is 15.2 Å². The standard InChI is InChI=1S/C17H27N4O9/c1-16(2)27-11-10(26-14-13(12(11)28-16)29-17(3,4)30-14)7-25-6-9(22)5-20-8-18-15(19-20)21(23)24/h8-15,22H,5-7H2,1-4H3/q+1/t9?,10-,11+,12+,13-,14-,15?/m1/s1. The van der Waals surface area contributed by atoms with E-state index in [-0.39, 0.29) is 25.9 Å². The molecule has 0 bridgehead atoms. The molecule has 168 valence electrons. The molecule has 0 aliphatic carbocycles. The van der Waals surface area contributed by atoms with E-state index in [1.54, 1.807) is 0 Å². The van der Waals surface area contributed by atoms with Gasteiger partial charge >= 0.3 is 12.6 Å². The van der Waals surface area contributed by atoms with Crippen molar-refractivity contribution in [3.8, 4) is 0 Å². The number of ether oxygens (including phenoxy) is 6. The summed E-state index contributed by atoms with van der Waals surface area (Å²) in [4.78, 5) is 13.7. The smallest absolute Gasteiger partial charge is 0.387 e. The lowest BCUT2D eigenvalue weighted by atomic mass is 9.99. The van der Waals surface area contributed by atoms with Crippen molar-refractivity contribution in [2.24, 2.45) is 10.1 Å². The van der Waals surface area contributed by atoms with Crippen LogP contribution in [0.5, 0.6) is 0 Å². The molecule has 0 spiro atoms. The predicted molar refractivity (Wildman–Crippen MR) is 96.2 cm³/mol. The molecule has 4 aliphatic rings.